The molecule has 1 aliphatic rings. The van der Waals surface area contributed by atoms with Crippen LogP contribution in [0.1, 0.15) is 58.8 Å². The minimum absolute atomic E-state index is 0.0573. The largest absolute Gasteiger partial charge is 0.345 e. The maximum atomic E-state index is 13.5. The molecule has 0 saturated carbocycles. The average molecular weight is 349 g/mol. The highest BCUT2D eigenvalue weighted by Crippen LogP contribution is 2.54. The quantitative estimate of drug-likeness (QED) is 0.452. The molecule has 6 nitrogen and oxygen atoms in total. The Balaban J connectivity index is 2.73. The fourth-order valence-electron chi connectivity index (χ4n) is 2.85. The van der Waals surface area contributed by atoms with Crippen molar-refractivity contribution in [1.82, 2.24) is 14.4 Å². The van der Waals surface area contributed by atoms with Gasteiger partial charge >= 0.3 is 7.67 Å². The van der Waals surface area contributed by atoms with Crippen molar-refractivity contribution in [2.45, 2.75) is 64.9 Å². The van der Waals surface area contributed by atoms with Crippen molar-refractivity contribution < 1.29 is 14.3 Å². The summed E-state index contributed by atoms with van der Waals surface area (Å²) in [7, 11) is 0.647. The third-order valence-corrected chi connectivity index (χ3v) is 7.09. The van der Waals surface area contributed by atoms with Crippen LogP contribution in [-0.4, -0.2) is 66.0 Å². The van der Waals surface area contributed by atoms with Gasteiger partial charge in [-0.15, -0.1) is 0 Å². The Kier molecular flexibility index (Phi) is 9.90. The molecule has 1 heterocycles. The van der Waals surface area contributed by atoms with E-state index in [4.69, 9.17) is 4.52 Å². The van der Waals surface area contributed by atoms with Gasteiger partial charge in [0.25, 0.3) is 0 Å². The number of unbranched alkanes of at least 4 members (excludes halogenated alkanes) is 3. The summed E-state index contributed by atoms with van der Waals surface area (Å²) >= 11 is 0. The average Bonchev–Trinajstić information content (AvgIpc) is 2.52. The van der Waals surface area contributed by atoms with Crippen LogP contribution in [0.2, 0.25) is 0 Å². The molecule has 0 radical (unpaired) electrons. The lowest BCUT2D eigenvalue weighted by molar-refractivity contribution is -0.110. The molecular formula is C16H36N3O3P. The monoisotopic (exact) mass is 349 g/mol. The van der Waals surface area contributed by atoms with Gasteiger partial charge in [0.1, 0.15) is 0 Å². The van der Waals surface area contributed by atoms with Crippen LogP contribution in [-0.2, 0) is 9.09 Å². The van der Waals surface area contributed by atoms with Gasteiger partial charge < -0.3 is 9.73 Å². The van der Waals surface area contributed by atoms with Crippen LogP contribution < -0.4 is 0 Å². The van der Waals surface area contributed by atoms with Gasteiger partial charge in [-0.25, -0.2) is 9.34 Å². The van der Waals surface area contributed by atoms with Crippen molar-refractivity contribution in [3.8, 4) is 0 Å². The first kappa shape index (κ1) is 21.1. The molecule has 1 aliphatic heterocycles. The van der Waals surface area contributed by atoms with Crippen LogP contribution in [0.3, 0.4) is 0 Å². The lowest BCUT2D eigenvalue weighted by Crippen LogP contribution is -2.45. The normalized spacial score (nSPS) is 21.5. The fraction of sp³-hybridized carbons (Fsp3) is 1.00. The number of piperazine rings is 1. The van der Waals surface area contributed by atoms with Crippen LogP contribution >= 0.6 is 7.67 Å². The lowest BCUT2D eigenvalue weighted by atomic mass is 10.1. The molecule has 7 heteroatoms. The van der Waals surface area contributed by atoms with Crippen LogP contribution in [0.15, 0.2) is 0 Å². The van der Waals surface area contributed by atoms with Gasteiger partial charge in [-0.2, -0.15) is 5.06 Å². The molecular weight excluding hydrogens is 313 g/mol. The van der Waals surface area contributed by atoms with E-state index in [1.165, 1.54) is 17.9 Å². The van der Waals surface area contributed by atoms with Crippen LogP contribution in [0.4, 0.5) is 0 Å². The Morgan fingerprint density at radius 2 is 1.61 bits per heavy atom. The van der Waals surface area contributed by atoms with E-state index in [0.29, 0.717) is 26.2 Å². The second-order valence-corrected chi connectivity index (χ2v) is 9.17. The molecule has 0 aromatic carbocycles. The molecule has 0 amide bonds. The summed E-state index contributed by atoms with van der Waals surface area (Å²) in [6.07, 6.45) is 7.75. The summed E-state index contributed by atoms with van der Waals surface area (Å²) in [6, 6.07) is 0. The van der Waals surface area contributed by atoms with Gasteiger partial charge in [-0.05, 0) is 26.9 Å². The summed E-state index contributed by atoms with van der Waals surface area (Å²) in [5, 5.41) is 10.8. The van der Waals surface area contributed by atoms with Crippen molar-refractivity contribution in [3.63, 3.8) is 0 Å². The molecule has 1 rings (SSSR count). The van der Waals surface area contributed by atoms with E-state index in [0.717, 1.165) is 32.1 Å². The van der Waals surface area contributed by atoms with Crippen molar-refractivity contribution in [2.24, 2.45) is 0 Å². The number of hydrogen-bond acceptors (Lipinski definition) is 4. The highest BCUT2D eigenvalue weighted by Gasteiger charge is 2.38. The number of rotatable bonds is 11. The Labute approximate surface area is 142 Å². The van der Waals surface area contributed by atoms with E-state index in [9.17, 15) is 9.77 Å². The summed E-state index contributed by atoms with van der Waals surface area (Å²) < 4.78 is 23.4. The van der Waals surface area contributed by atoms with Gasteiger partial charge in [0.2, 0.25) is 0 Å². The maximum absolute atomic E-state index is 13.5. The van der Waals surface area contributed by atoms with E-state index in [1.54, 1.807) is 4.67 Å². The molecule has 2 atom stereocenters. The first-order valence-corrected chi connectivity index (χ1v) is 10.6. The zero-order valence-electron chi connectivity index (χ0n) is 15.4. The molecule has 1 saturated heterocycles. The van der Waals surface area contributed by atoms with E-state index in [1.807, 2.05) is 18.8 Å². The van der Waals surface area contributed by atoms with Gasteiger partial charge in [-0.1, -0.05) is 46.0 Å². The zero-order valence-corrected chi connectivity index (χ0v) is 16.3. The highest BCUT2D eigenvalue weighted by atomic mass is 31.2. The van der Waals surface area contributed by atoms with Gasteiger partial charge in [-0.3, -0.25) is 4.57 Å². The predicted molar refractivity (Wildman–Crippen MR) is 94.8 cm³/mol. The molecule has 0 aromatic heterocycles. The van der Waals surface area contributed by atoms with E-state index in [-0.39, 0.29) is 6.10 Å². The number of nitrogens with zero attached hydrogens (tertiary/aromatic N) is 3. The SMILES string of the molecule is CCCCCC(CCCC)OP(=O)(N(C)C)N1CCN(O)CC1. The summed E-state index contributed by atoms with van der Waals surface area (Å²) in [4.78, 5) is 0. The topological polar surface area (TPSA) is 56.2 Å². The third-order valence-electron chi connectivity index (χ3n) is 4.39. The summed E-state index contributed by atoms with van der Waals surface area (Å²) in [5.41, 5.74) is 0. The van der Waals surface area contributed by atoms with E-state index >= 15 is 0 Å². The van der Waals surface area contributed by atoms with Crippen molar-refractivity contribution in [1.29, 1.82) is 0 Å². The zero-order chi connectivity index (χ0) is 17.3. The van der Waals surface area contributed by atoms with Gasteiger partial charge in [0.05, 0.1) is 6.10 Å². The Morgan fingerprint density at radius 1 is 1.04 bits per heavy atom. The number of hydroxylamine groups is 2. The number of hydrogen-bond donors (Lipinski definition) is 1. The molecule has 0 aromatic rings. The standard InChI is InChI=1S/C16H36N3O3P/c1-5-7-9-11-16(10-8-6-2)22-23(21,17(3)4)19-14-12-18(20)13-15-19/h16,20H,5-15H2,1-4H3. The smallest absolute Gasteiger partial charge is 0.314 e. The third kappa shape index (κ3) is 6.81. The Hall–Kier alpha value is 0.0300. The van der Waals surface area contributed by atoms with Gasteiger partial charge in [0, 0.05) is 26.2 Å². The van der Waals surface area contributed by atoms with Crippen molar-refractivity contribution >= 4 is 7.67 Å². The highest BCUT2D eigenvalue weighted by molar-refractivity contribution is 7.53. The van der Waals surface area contributed by atoms with Crippen LogP contribution in [0, 0.1) is 0 Å². The first-order valence-electron chi connectivity index (χ1n) is 9.09. The second-order valence-electron chi connectivity index (χ2n) is 6.61. The van der Waals surface area contributed by atoms with Gasteiger partial charge in [0.15, 0.2) is 0 Å². The predicted octanol–water partition coefficient (Wildman–Crippen LogP) is 3.82. The molecule has 138 valence electrons. The molecule has 0 aliphatic carbocycles. The summed E-state index contributed by atoms with van der Waals surface area (Å²) in [5.74, 6) is 0. The van der Waals surface area contributed by atoms with Crippen molar-refractivity contribution in [2.75, 3.05) is 40.3 Å². The van der Waals surface area contributed by atoms with Crippen molar-refractivity contribution in [3.05, 3.63) is 0 Å². The Bertz CT molecular complexity index is 360. The van der Waals surface area contributed by atoms with Crippen LogP contribution in [0.5, 0.6) is 0 Å². The van der Waals surface area contributed by atoms with E-state index < -0.39 is 7.67 Å². The Morgan fingerprint density at radius 3 is 2.13 bits per heavy atom. The maximum Gasteiger partial charge on any atom is 0.345 e. The fourth-order valence-corrected chi connectivity index (χ4v) is 4.96. The minimum Gasteiger partial charge on any atom is -0.314 e. The molecule has 1 N–H and O–H groups in total. The first-order chi connectivity index (χ1) is 10.9. The summed E-state index contributed by atoms with van der Waals surface area (Å²) in [6.45, 7) is 6.53. The minimum atomic E-state index is -3.01. The molecule has 2 unspecified atom stereocenters. The lowest BCUT2D eigenvalue weighted by Gasteiger charge is -2.40. The molecule has 1 fully saturated rings. The molecule has 23 heavy (non-hydrogen) atoms. The second kappa shape index (κ2) is 10.8. The van der Waals surface area contributed by atoms with Crippen LogP contribution in [0.25, 0.3) is 0 Å². The van der Waals surface area contributed by atoms with E-state index in [2.05, 4.69) is 13.8 Å². The molecule has 0 bridgehead atoms. The molecule has 0 spiro atoms.